The van der Waals surface area contributed by atoms with Gasteiger partial charge in [-0.15, -0.1) is 12.4 Å². The van der Waals surface area contributed by atoms with E-state index in [4.69, 9.17) is 9.84 Å². The first-order chi connectivity index (χ1) is 19.0. The molecule has 220 valence electrons. The Balaban J connectivity index is 0.00000370. The van der Waals surface area contributed by atoms with Crippen molar-refractivity contribution in [3.05, 3.63) is 47.3 Å². The molecular formula is C31H46ClN5O3. The van der Waals surface area contributed by atoms with Gasteiger partial charge in [0.05, 0.1) is 18.0 Å². The molecule has 3 aliphatic rings. The van der Waals surface area contributed by atoms with Gasteiger partial charge in [-0.1, -0.05) is 50.3 Å². The summed E-state index contributed by atoms with van der Waals surface area (Å²) in [7, 11) is 1.66. The Bertz CT molecular complexity index is 1130. The van der Waals surface area contributed by atoms with Crippen LogP contribution in [0.15, 0.2) is 30.3 Å². The van der Waals surface area contributed by atoms with Crippen molar-refractivity contribution >= 4 is 24.2 Å². The van der Waals surface area contributed by atoms with Gasteiger partial charge < -0.3 is 15.0 Å². The van der Waals surface area contributed by atoms with E-state index in [1.807, 2.05) is 27.8 Å². The molecule has 1 saturated carbocycles. The number of ether oxygens (including phenoxy) is 1. The number of carbonyl (C=O) groups excluding carboxylic acids is 2. The van der Waals surface area contributed by atoms with Gasteiger partial charge in [0.25, 0.3) is 0 Å². The molecule has 1 aliphatic carbocycles. The maximum atomic E-state index is 13.6. The average molecular weight is 572 g/mol. The predicted molar refractivity (Wildman–Crippen MR) is 159 cm³/mol. The lowest BCUT2D eigenvalue weighted by molar-refractivity contribution is -0.153. The predicted octanol–water partition coefficient (Wildman–Crippen LogP) is 4.44. The van der Waals surface area contributed by atoms with Crippen molar-refractivity contribution in [2.75, 3.05) is 33.4 Å². The van der Waals surface area contributed by atoms with Crippen LogP contribution < -0.4 is 5.32 Å². The van der Waals surface area contributed by atoms with E-state index in [-0.39, 0.29) is 36.2 Å². The van der Waals surface area contributed by atoms with Gasteiger partial charge in [0, 0.05) is 31.5 Å². The number of aromatic nitrogens is 2. The van der Waals surface area contributed by atoms with Gasteiger partial charge in [-0.3, -0.25) is 14.5 Å². The standard InChI is InChI=1S/C31H45N5O3.ClH/c1-22-27(23(2)36(33-22)26-12-8-5-9-13-26)21-34-16-14-25(15-17-34)29-30(37)32-28(20-24-10-6-4-7-11-24)31(38)35(29)18-19-39-3;/h5,8-9,12-13,24-25,28-29H,4,6-7,10-11,14-21H2,1-3H3,(H,32,37);1H/t28-,29-;/m0./s1. The molecule has 2 aromatic rings. The molecular weight excluding hydrogens is 526 g/mol. The Kier molecular flexibility index (Phi) is 10.7. The Labute approximate surface area is 245 Å². The normalized spacial score (nSPS) is 23.2. The summed E-state index contributed by atoms with van der Waals surface area (Å²) in [5, 5.41) is 7.98. The van der Waals surface area contributed by atoms with Crippen LogP contribution in [-0.2, 0) is 20.9 Å². The Morgan fingerprint density at radius 2 is 1.70 bits per heavy atom. The summed E-state index contributed by atoms with van der Waals surface area (Å²) >= 11 is 0. The Morgan fingerprint density at radius 1 is 1.00 bits per heavy atom. The van der Waals surface area contributed by atoms with Crippen molar-refractivity contribution in [2.45, 2.75) is 83.8 Å². The molecule has 2 amide bonds. The molecule has 3 heterocycles. The van der Waals surface area contributed by atoms with E-state index < -0.39 is 6.04 Å². The van der Waals surface area contributed by atoms with Crippen molar-refractivity contribution in [3.63, 3.8) is 0 Å². The maximum Gasteiger partial charge on any atom is 0.245 e. The van der Waals surface area contributed by atoms with Gasteiger partial charge in [0.1, 0.15) is 12.1 Å². The summed E-state index contributed by atoms with van der Waals surface area (Å²) in [4.78, 5) is 31.5. The smallest absolute Gasteiger partial charge is 0.245 e. The minimum atomic E-state index is -0.401. The van der Waals surface area contributed by atoms with Crippen LogP contribution in [0.1, 0.15) is 68.3 Å². The highest BCUT2D eigenvalue weighted by molar-refractivity contribution is 5.97. The molecule has 2 atom stereocenters. The van der Waals surface area contributed by atoms with E-state index in [1.54, 1.807) is 7.11 Å². The molecule has 1 N–H and O–H groups in total. The monoisotopic (exact) mass is 571 g/mol. The van der Waals surface area contributed by atoms with Gasteiger partial charge >= 0.3 is 0 Å². The van der Waals surface area contributed by atoms with E-state index in [9.17, 15) is 9.59 Å². The summed E-state index contributed by atoms with van der Waals surface area (Å²) in [5.74, 6) is 0.812. The first kappa shape index (κ1) is 30.5. The molecule has 3 fully saturated rings. The number of halogens is 1. The molecule has 0 unspecified atom stereocenters. The van der Waals surface area contributed by atoms with Crippen molar-refractivity contribution in [1.82, 2.24) is 24.9 Å². The number of hydrogen-bond donors (Lipinski definition) is 1. The van der Waals surface area contributed by atoms with E-state index in [0.717, 1.165) is 50.3 Å². The number of carbonyl (C=O) groups is 2. The molecule has 8 nitrogen and oxygen atoms in total. The first-order valence-electron chi connectivity index (χ1n) is 14.9. The topological polar surface area (TPSA) is 79.7 Å². The SMILES string of the molecule is COCCN1C(=O)[C@H](CC2CCCCC2)NC(=O)[C@@H]1C1CCN(Cc2c(C)nn(-c3ccccc3)c2C)CC1.Cl. The minimum absolute atomic E-state index is 0. The maximum absolute atomic E-state index is 13.6. The molecule has 0 spiro atoms. The molecule has 0 bridgehead atoms. The average Bonchev–Trinajstić information content (AvgIpc) is 3.24. The fourth-order valence-corrected chi connectivity index (χ4v) is 7.00. The fourth-order valence-electron chi connectivity index (χ4n) is 7.00. The highest BCUT2D eigenvalue weighted by Gasteiger charge is 2.45. The minimum Gasteiger partial charge on any atom is -0.383 e. The molecule has 2 aliphatic heterocycles. The van der Waals surface area contributed by atoms with Gasteiger partial charge in [-0.25, -0.2) is 4.68 Å². The molecule has 1 aromatic carbocycles. The highest BCUT2D eigenvalue weighted by Crippen LogP contribution is 2.32. The van der Waals surface area contributed by atoms with Crippen LogP contribution in [0.3, 0.4) is 0 Å². The zero-order valence-electron chi connectivity index (χ0n) is 24.3. The summed E-state index contributed by atoms with van der Waals surface area (Å²) in [6.45, 7) is 7.82. The number of piperazine rings is 1. The number of hydrogen-bond acceptors (Lipinski definition) is 5. The Morgan fingerprint density at radius 3 is 2.38 bits per heavy atom. The summed E-state index contributed by atoms with van der Waals surface area (Å²) in [6.07, 6.45) is 8.66. The summed E-state index contributed by atoms with van der Waals surface area (Å²) in [5.41, 5.74) is 4.59. The van der Waals surface area contributed by atoms with E-state index in [0.29, 0.717) is 19.1 Å². The van der Waals surface area contributed by atoms with Crippen molar-refractivity contribution < 1.29 is 14.3 Å². The number of nitrogens with zero attached hydrogens (tertiary/aromatic N) is 4. The van der Waals surface area contributed by atoms with Crippen LogP contribution in [0, 0.1) is 25.7 Å². The molecule has 1 aromatic heterocycles. The molecule has 9 heteroatoms. The van der Waals surface area contributed by atoms with Crippen LogP contribution in [0.5, 0.6) is 0 Å². The largest absolute Gasteiger partial charge is 0.383 e. The van der Waals surface area contributed by atoms with Crippen molar-refractivity contribution in [2.24, 2.45) is 11.8 Å². The number of likely N-dealkylation sites (tertiary alicyclic amines) is 1. The Hall–Kier alpha value is -2.42. The zero-order valence-corrected chi connectivity index (χ0v) is 25.1. The fraction of sp³-hybridized carbons (Fsp3) is 0.645. The number of benzene rings is 1. The molecule has 0 radical (unpaired) electrons. The molecule has 2 saturated heterocycles. The third-order valence-corrected chi connectivity index (χ3v) is 9.23. The van der Waals surface area contributed by atoms with E-state index in [1.165, 1.54) is 43.4 Å². The first-order valence-corrected chi connectivity index (χ1v) is 14.9. The molecule has 5 rings (SSSR count). The second-order valence-corrected chi connectivity index (χ2v) is 11.8. The number of aryl methyl sites for hydroxylation is 1. The second-order valence-electron chi connectivity index (χ2n) is 11.8. The van der Waals surface area contributed by atoms with Gasteiger partial charge in [0.2, 0.25) is 11.8 Å². The number of methoxy groups -OCH3 is 1. The van der Waals surface area contributed by atoms with Gasteiger partial charge in [-0.05, 0) is 70.2 Å². The number of para-hydroxylation sites is 1. The lowest BCUT2D eigenvalue weighted by Crippen LogP contribution is -2.66. The van der Waals surface area contributed by atoms with Crippen molar-refractivity contribution in [3.8, 4) is 5.69 Å². The van der Waals surface area contributed by atoms with Crippen LogP contribution in [0.2, 0.25) is 0 Å². The lowest BCUT2D eigenvalue weighted by Gasteiger charge is -2.45. The summed E-state index contributed by atoms with van der Waals surface area (Å²) in [6, 6.07) is 9.48. The summed E-state index contributed by atoms with van der Waals surface area (Å²) < 4.78 is 7.38. The van der Waals surface area contributed by atoms with Gasteiger partial charge in [-0.2, -0.15) is 5.10 Å². The zero-order chi connectivity index (χ0) is 27.4. The molecule has 40 heavy (non-hydrogen) atoms. The van der Waals surface area contributed by atoms with Crippen molar-refractivity contribution in [1.29, 1.82) is 0 Å². The third-order valence-electron chi connectivity index (χ3n) is 9.23. The van der Waals surface area contributed by atoms with Crippen LogP contribution >= 0.6 is 12.4 Å². The quantitative estimate of drug-likeness (QED) is 0.481. The van der Waals surface area contributed by atoms with E-state index >= 15 is 0 Å². The van der Waals surface area contributed by atoms with Crippen LogP contribution in [-0.4, -0.2) is 76.8 Å². The number of rotatable bonds is 9. The van der Waals surface area contributed by atoms with Crippen LogP contribution in [0.4, 0.5) is 0 Å². The second kappa shape index (κ2) is 14.0. The number of nitrogens with one attached hydrogen (secondary N) is 1. The lowest BCUT2D eigenvalue weighted by atomic mass is 9.82. The third kappa shape index (κ3) is 6.72. The number of amides is 2. The highest BCUT2D eigenvalue weighted by atomic mass is 35.5. The van der Waals surface area contributed by atoms with E-state index in [2.05, 4.69) is 36.2 Å². The number of piperidine rings is 1. The van der Waals surface area contributed by atoms with Gasteiger partial charge in [0.15, 0.2) is 0 Å². The van der Waals surface area contributed by atoms with Crippen LogP contribution in [0.25, 0.3) is 5.69 Å².